The molecule has 0 amide bonds. The summed E-state index contributed by atoms with van der Waals surface area (Å²) in [5.74, 6) is 0. The summed E-state index contributed by atoms with van der Waals surface area (Å²) in [7, 11) is 0. The van der Waals surface area contributed by atoms with E-state index >= 15 is 0 Å². The number of rotatable bonds is 2. The molecule has 1 aliphatic heterocycles. The normalized spacial score (nSPS) is 14.1. The molecule has 0 fully saturated rings. The van der Waals surface area contributed by atoms with Crippen LogP contribution in [0.2, 0.25) is 0 Å². The molecule has 2 aromatic carbocycles. The van der Waals surface area contributed by atoms with Gasteiger partial charge in [-0.2, -0.15) is 0 Å². The molecule has 84 valence electrons. The molecule has 0 saturated heterocycles. The van der Waals surface area contributed by atoms with Gasteiger partial charge in [0.05, 0.1) is 0 Å². The second-order valence-electron chi connectivity index (χ2n) is 4.33. The van der Waals surface area contributed by atoms with Crippen LogP contribution in [0.4, 0.5) is 0 Å². The van der Waals surface area contributed by atoms with Crippen molar-refractivity contribution in [2.45, 2.75) is 13.1 Å². The SMILES string of the molecule is C(=C\c1cccc2c1CNC2)/c1ccccc1. The van der Waals surface area contributed by atoms with E-state index < -0.39 is 0 Å². The highest BCUT2D eigenvalue weighted by Gasteiger charge is 2.11. The maximum Gasteiger partial charge on any atom is 0.0217 e. The maximum absolute atomic E-state index is 3.39. The number of hydrogen-bond donors (Lipinski definition) is 1. The van der Waals surface area contributed by atoms with Crippen LogP contribution in [0, 0.1) is 0 Å². The van der Waals surface area contributed by atoms with Crippen molar-refractivity contribution in [2.75, 3.05) is 0 Å². The molecule has 0 unspecified atom stereocenters. The second-order valence-corrected chi connectivity index (χ2v) is 4.33. The first-order valence-corrected chi connectivity index (χ1v) is 5.98. The van der Waals surface area contributed by atoms with Gasteiger partial charge in [0.2, 0.25) is 0 Å². The smallest absolute Gasteiger partial charge is 0.0217 e. The van der Waals surface area contributed by atoms with Gasteiger partial charge in [-0.3, -0.25) is 0 Å². The summed E-state index contributed by atoms with van der Waals surface area (Å²) >= 11 is 0. The monoisotopic (exact) mass is 221 g/mol. The number of hydrogen-bond acceptors (Lipinski definition) is 1. The fourth-order valence-corrected chi connectivity index (χ4v) is 2.26. The third kappa shape index (κ3) is 2.15. The van der Waals surface area contributed by atoms with Crippen molar-refractivity contribution in [3.8, 4) is 0 Å². The van der Waals surface area contributed by atoms with Gasteiger partial charge < -0.3 is 5.32 Å². The van der Waals surface area contributed by atoms with Crippen LogP contribution >= 0.6 is 0 Å². The minimum absolute atomic E-state index is 0.991. The molecule has 0 aromatic heterocycles. The van der Waals surface area contributed by atoms with Crippen LogP contribution in [-0.2, 0) is 13.1 Å². The molecule has 17 heavy (non-hydrogen) atoms. The van der Waals surface area contributed by atoms with E-state index in [0.717, 1.165) is 13.1 Å². The molecule has 0 bridgehead atoms. The van der Waals surface area contributed by atoms with E-state index in [1.165, 1.54) is 22.3 Å². The van der Waals surface area contributed by atoms with Crippen LogP contribution in [0.1, 0.15) is 22.3 Å². The standard InChI is InChI=1S/C16H15N/c1-2-5-13(6-3-1)9-10-14-7-4-8-15-11-17-12-16(14)15/h1-10,17H,11-12H2/b10-9+. The molecule has 1 N–H and O–H groups in total. The Labute approximate surface area is 102 Å². The lowest BCUT2D eigenvalue weighted by molar-refractivity contribution is 0.764. The van der Waals surface area contributed by atoms with Gasteiger partial charge >= 0.3 is 0 Å². The first-order chi connectivity index (χ1) is 8.43. The minimum Gasteiger partial charge on any atom is -0.309 e. The van der Waals surface area contributed by atoms with Crippen LogP contribution in [0.15, 0.2) is 48.5 Å². The Morgan fingerprint density at radius 3 is 2.59 bits per heavy atom. The molecule has 1 nitrogen and oxygen atoms in total. The van der Waals surface area contributed by atoms with E-state index in [1.54, 1.807) is 0 Å². The lowest BCUT2D eigenvalue weighted by Crippen LogP contribution is -2.00. The van der Waals surface area contributed by atoms with Crippen molar-refractivity contribution < 1.29 is 0 Å². The average Bonchev–Trinajstić information content (AvgIpc) is 2.86. The first-order valence-electron chi connectivity index (χ1n) is 5.98. The molecule has 0 spiro atoms. The summed E-state index contributed by atoms with van der Waals surface area (Å²) in [6, 6.07) is 16.9. The van der Waals surface area contributed by atoms with E-state index in [2.05, 4.69) is 59.9 Å². The Kier molecular flexibility index (Phi) is 2.76. The van der Waals surface area contributed by atoms with Crippen molar-refractivity contribution in [2.24, 2.45) is 0 Å². The fourth-order valence-electron chi connectivity index (χ4n) is 2.26. The van der Waals surface area contributed by atoms with E-state index in [1.807, 2.05) is 6.07 Å². The van der Waals surface area contributed by atoms with Crippen LogP contribution in [0.25, 0.3) is 12.2 Å². The van der Waals surface area contributed by atoms with Gasteiger partial charge in [-0.1, -0.05) is 60.7 Å². The van der Waals surface area contributed by atoms with Gasteiger partial charge in [0.1, 0.15) is 0 Å². The van der Waals surface area contributed by atoms with E-state index in [9.17, 15) is 0 Å². The minimum atomic E-state index is 0.991. The first kappa shape index (κ1) is 10.3. The Morgan fingerprint density at radius 2 is 1.71 bits per heavy atom. The molecule has 2 aromatic rings. The summed E-state index contributed by atoms with van der Waals surface area (Å²) in [4.78, 5) is 0. The topological polar surface area (TPSA) is 12.0 Å². The zero-order valence-electron chi connectivity index (χ0n) is 9.69. The number of nitrogens with one attached hydrogen (secondary N) is 1. The zero-order chi connectivity index (χ0) is 11.5. The molecule has 1 heterocycles. The third-order valence-electron chi connectivity index (χ3n) is 3.18. The number of benzene rings is 2. The highest BCUT2D eigenvalue weighted by molar-refractivity contribution is 5.72. The van der Waals surface area contributed by atoms with E-state index in [0.29, 0.717) is 0 Å². The lowest BCUT2D eigenvalue weighted by Gasteiger charge is -2.02. The fraction of sp³-hybridized carbons (Fsp3) is 0.125. The van der Waals surface area contributed by atoms with Crippen molar-refractivity contribution >= 4 is 12.2 Å². The second kappa shape index (κ2) is 4.56. The van der Waals surface area contributed by atoms with E-state index in [4.69, 9.17) is 0 Å². The van der Waals surface area contributed by atoms with Gasteiger partial charge in [0.25, 0.3) is 0 Å². The highest BCUT2D eigenvalue weighted by atomic mass is 14.9. The molecule has 0 saturated carbocycles. The summed E-state index contributed by atoms with van der Waals surface area (Å²) in [5, 5.41) is 3.39. The molecule has 1 aliphatic rings. The number of fused-ring (bicyclic) bond motifs is 1. The summed E-state index contributed by atoms with van der Waals surface area (Å²) < 4.78 is 0. The molecule has 0 aliphatic carbocycles. The van der Waals surface area contributed by atoms with Crippen LogP contribution in [0.3, 0.4) is 0 Å². The third-order valence-corrected chi connectivity index (χ3v) is 3.18. The Bertz CT molecular complexity index is 541. The van der Waals surface area contributed by atoms with Gasteiger partial charge in [-0.05, 0) is 22.3 Å². The van der Waals surface area contributed by atoms with Crippen LogP contribution in [-0.4, -0.2) is 0 Å². The lowest BCUT2D eigenvalue weighted by atomic mass is 10.0. The Balaban J connectivity index is 1.91. The predicted molar refractivity (Wildman–Crippen MR) is 72.4 cm³/mol. The summed E-state index contributed by atoms with van der Waals surface area (Å²) in [6.45, 7) is 1.99. The molecule has 3 rings (SSSR count). The van der Waals surface area contributed by atoms with Crippen LogP contribution < -0.4 is 5.32 Å². The molecule has 0 radical (unpaired) electrons. The largest absolute Gasteiger partial charge is 0.309 e. The van der Waals surface area contributed by atoms with Gasteiger partial charge in [-0.15, -0.1) is 0 Å². The predicted octanol–water partition coefficient (Wildman–Crippen LogP) is 3.46. The summed E-state index contributed by atoms with van der Waals surface area (Å²) in [6.07, 6.45) is 4.38. The van der Waals surface area contributed by atoms with Crippen molar-refractivity contribution in [3.05, 3.63) is 70.8 Å². The van der Waals surface area contributed by atoms with Crippen molar-refractivity contribution in [3.63, 3.8) is 0 Å². The Morgan fingerprint density at radius 1 is 0.824 bits per heavy atom. The molecular formula is C16H15N. The van der Waals surface area contributed by atoms with Crippen LogP contribution in [0.5, 0.6) is 0 Å². The van der Waals surface area contributed by atoms with Gasteiger partial charge in [-0.25, -0.2) is 0 Å². The van der Waals surface area contributed by atoms with E-state index in [-0.39, 0.29) is 0 Å². The Hall–Kier alpha value is -1.86. The highest BCUT2D eigenvalue weighted by Crippen LogP contribution is 2.21. The van der Waals surface area contributed by atoms with Crippen molar-refractivity contribution in [1.82, 2.24) is 5.32 Å². The average molecular weight is 221 g/mol. The summed E-state index contributed by atoms with van der Waals surface area (Å²) in [5.41, 5.74) is 5.45. The van der Waals surface area contributed by atoms with Crippen molar-refractivity contribution in [1.29, 1.82) is 0 Å². The maximum atomic E-state index is 3.39. The molecular weight excluding hydrogens is 206 g/mol. The zero-order valence-corrected chi connectivity index (χ0v) is 9.69. The molecule has 0 atom stereocenters. The quantitative estimate of drug-likeness (QED) is 0.766. The van der Waals surface area contributed by atoms with Gasteiger partial charge in [0.15, 0.2) is 0 Å². The van der Waals surface area contributed by atoms with Gasteiger partial charge in [0, 0.05) is 13.1 Å². The molecule has 1 heteroatoms.